The lowest BCUT2D eigenvalue weighted by Gasteiger charge is -2.37. The normalized spacial score (nSPS) is 18.2. The third-order valence-corrected chi connectivity index (χ3v) is 7.98. The molecule has 13 heteroatoms. The number of benzene rings is 2. The van der Waals surface area contributed by atoms with E-state index in [1.54, 1.807) is 31.9 Å². The number of nitro benzene ring substituents is 1. The largest absolute Gasteiger partial charge is 0.545 e. The van der Waals surface area contributed by atoms with Gasteiger partial charge in [-0.2, -0.15) is 13.2 Å². The summed E-state index contributed by atoms with van der Waals surface area (Å²) in [5.74, 6) is -3.36. The highest BCUT2D eigenvalue weighted by molar-refractivity contribution is 5.98. The van der Waals surface area contributed by atoms with Crippen molar-refractivity contribution in [3.63, 3.8) is 0 Å². The van der Waals surface area contributed by atoms with Crippen LogP contribution in [0, 0.1) is 10.1 Å². The Bertz CT molecular complexity index is 1460. The standard InChI is InChI=1S/C30H33F3N4O6/c1-19-25(28(38)39)27(21-7-4-10-24(17-21)37(41)42)26(20(2)34(19)3)29(40)43-16-6-11-35-12-14-36(15-13-35)23-9-5-8-22(18-23)30(31,32)33/h4-5,7-10,17-18,27H,6,11-16H2,1-3H3,(H,38,39)/p-1. The van der Waals surface area contributed by atoms with Crippen LogP contribution in [0.2, 0.25) is 0 Å². The van der Waals surface area contributed by atoms with Crippen molar-refractivity contribution in [2.24, 2.45) is 0 Å². The minimum absolute atomic E-state index is 0.0399. The number of aliphatic carboxylic acids is 1. The maximum Gasteiger partial charge on any atom is 0.416 e. The van der Waals surface area contributed by atoms with E-state index in [2.05, 4.69) is 4.90 Å². The molecular formula is C30H32F3N4O6-. The second-order valence-electron chi connectivity index (χ2n) is 10.5. The second kappa shape index (κ2) is 12.9. The molecule has 230 valence electrons. The van der Waals surface area contributed by atoms with Crippen LogP contribution < -0.4 is 10.0 Å². The van der Waals surface area contributed by atoms with Gasteiger partial charge in [0.25, 0.3) is 5.69 Å². The fraction of sp³-hybridized carbons (Fsp3) is 0.400. The first-order chi connectivity index (χ1) is 20.3. The molecule has 0 amide bonds. The molecule has 1 unspecified atom stereocenters. The van der Waals surface area contributed by atoms with Crippen LogP contribution in [0.5, 0.6) is 0 Å². The Labute approximate surface area is 246 Å². The van der Waals surface area contributed by atoms with Crippen LogP contribution in [0.25, 0.3) is 0 Å². The average Bonchev–Trinajstić information content (AvgIpc) is 2.97. The highest BCUT2D eigenvalue weighted by atomic mass is 19.4. The number of hydrogen-bond acceptors (Lipinski definition) is 9. The number of nitrogens with zero attached hydrogens (tertiary/aromatic N) is 4. The molecule has 2 aliphatic heterocycles. The molecule has 0 spiro atoms. The summed E-state index contributed by atoms with van der Waals surface area (Å²) in [7, 11) is 1.61. The fourth-order valence-electron chi connectivity index (χ4n) is 5.50. The summed E-state index contributed by atoms with van der Waals surface area (Å²) >= 11 is 0. The number of carbonyl (C=O) groups excluding carboxylic acids is 2. The molecule has 4 rings (SSSR count). The van der Waals surface area contributed by atoms with Crippen LogP contribution in [0.4, 0.5) is 24.5 Å². The Kier molecular flexibility index (Phi) is 9.43. The molecule has 0 radical (unpaired) electrons. The van der Waals surface area contributed by atoms with Crippen LogP contribution in [0.3, 0.4) is 0 Å². The Hall–Kier alpha value is -4.39. The maximum atomic E-state index is 13.4. The zero-order valence-electron chi connectivity index (χ0n) is 24.0. The van der Waals surface area contributed by atoms with E-state index in [0.29, 0.717) is 56.2 Å². The lowest BCUT2D eigenvalue weighted by Crippen LogP contribution is -2.46. The van der Waals surface area contributed by atoms with E-state index in [0.717, 1.165) is 12.1 Å². The minimum atomic E-state index is -4.41. The SMILES string of the molecule is CC1=C(C(=O)[O-])C(c2cccc([N+](=O)[O-])c2)C(C(=O)OCCCN2CCN(c3cccc(C(F)(F)F)c3)CC2)=C(C)N1C. The number of carboxylic acid groups (broad SMARTS) is 1. The smallest absolute Gasteiger partial charge is 0.416 e. The molecule has 1 atom stereocenters. The minimum Gasteiger partial charge on any atom is -0.545 e. The number of carbonyl (C=O) groups is 2. The van der Waals surface area contributed by atoms with Crippen LogP contribution in [0.1, 0.15) is 37.3 Å². The average molecular weight is 602 g/mol. The summed E-state index contributed by atoms with van der Waals surface area (Å²) in [6.45, 7) is 6.18. The molecule has 2 heterocycles. The van der Waals surface area contributed by atoms with Crippen LogP contribution >= 0.6 is 0 Å². The first-order valence-corrected chi connectivity index (χ1v) is 13.7. The van der Waals surface area contributed by atoms with Gasteiger partial charge in [0.2, 0.25) is 0 Å². The zero-order valence-corrected chi connectivity index (χ0v) is 24.0. The number of hydrogen-bond donors (Lipinski definition) is 0. The number of halogens is 3. The number of anilines is 1. The Morgan fingerprint density at radius 1 is 1.00 bits per heavy atom. The molecule has 1 fully saturated rings. The first kappa shape index (κ1) is 31.5. The summed E-state index contributed by atoms with van der Waals surface area (Å²) in [6, 6.07) is 10.7. The molecule has 0 saturated carbocycles. The molecule has 10 nitrogen and oxygen atoms in total. The van der Waals surface area contributed by atoms with Gasteiger partial charge in [-0.3, -0.25) is 15.0 Å². The van der Waals surface area contributed by atoms with Gasteiger partial charge < -0.3 is 24.4 Å². The third kappa shape index (κ3) is 6.99. The third-order valence-electron chi connectivity index (χ3n) is 7.98. The molecule has 2 aromatic carbocycles. The monoisotopic (exact) mass is 601 g/mol. The van der Waals surface area contributed by atoms with Gasteiger partial charge >= 0.3 is 12.1 Å². The van der Waals surface area contributed by atoms with Gasteiger partial charge in [0.1, 0.15) is 0 Å². The topological polar surface area (TPSA) is 119 Å². The second-order valence-corrected chi connectivity index (χ2v) is 10.5. The molecule has 2 aliphatic rings. The Morgan fingerprint density at radius 3 is 2.28 bits per heavy atom. The molecule has 0 aliphatic carbocycles. The number of rotatable bonds is 9. The van der Waals surface area contributed by atoms with Crippen molar-refractivity contribution >= 4 is 23.3 Å². The van der Waals surface area contributed by atoms with Gasteiger partial charge in [-0.25, -0.2) is 4.79 Å². The summed E-state index contributed by atoms with van der Waals surface area (Å²) in [5.41, 5.74) is 0.513. The van der Waals surface area contributed by atoms with Gasteiger partial charge in [-0.1, -0.05) is 18.2 Å². The van der Waals surface area contributed by atoms with Crippen molar-refractivity contribution in [3.8, 4) is 0 Å². The van der Waals surface area contributed by atoms with E-state index in [1.807, 2.05) is 4.90 Å². The molecular weight excluding hydrogens is 569 g/mol. The van der Waals surface area contributed by atoms with Crippen molar-refractivity contribution in [1.29, 1.82) is 0 Å². The van der Waals surface area contributed by atoms with Gasteiger partial charge in [0.15, 0.2) is 0 Å². The lowest BCUT2D eigenvalue weighted by molar-refractivity contribution is -0.384. The number of nitro groups is 1. The number of esters is 1. The van der Waals surface area contributed by atoms with E-state index < -0.39 is 34.5 Å². The first-order valence-electron chi connectivity index (χ1n) is 13.7. The van der Waals surface area contributed by atoms with E-state index >= 15 is 0 Å². The highest BCUT2D eigenvalue weighted by Crippen LogP contribution is 2.42. The number of alkyl halides is 3. The summed E-state index contributed by atoms with van der Waals surface area (Å²) in [5, 5.41) is 23.6. The van der Waals surface area contributed by atoms with Gasteiger partial charge in [-0.15, -0.1) is 0 Å². The van der Waals surface area contributed by atoms with Crippen molar-refractivity contribution in [1.82, 2.24) is 9.80 Å². The molecule has 0 N–H and O–H groups in total. The highest BCUT2D eigenvalue weighted by Gasteiger charge is 2.37. The lowest BCUT2D eigenvalue weighted by atomic mass is 9.80. The maximum absolute atomic E-state index is 13.4. The van der Waals surface area contributed by atoms with Gasteiger partial charge in [-0.05, 0) is 44.0 Å². The van der Waals surface area contributed by atoms with Crippen molar-refractivity contribution in [2.45, 2.75) is 32.4 Å². The zero-order chi connectivity index (χ0) is 31.5. The van der Waals surface area contributed by atoms with Crippen molar-refractivity contribution < 1.29 is 37.5 Å². The van der Waals surface area contributed by atoms with E-state index in [1.165, 1.54) is 30.3 Å². The van der Waals surface area contributed by atoms with E-state index in [9.17, 15) is 38.0 Å². The summed E-state index contributed by atoms with van der Waals surface area (Å²) in [4.78, 5) is 42.0. The fourth-order valence-corrected chi connectivity index (χ4v) is 5.50. The summed E-state index contributed by atoms with van der Waals surface area (Å²) < 4.78 is 44.8. The Morgan fingerprint density at radius 2 is 1.65 bits per heavy atom. The quantitative estimate of drug-likeness (QED) is 0.183. The van der Waals surface area contributed by atoms with Crippen molar-refractivity contribution in [2.75, 3.05) is 51.3 Å². The predicted octanol–water partition coefficient (Wildman–Crippen LogP) is 3.70. The van der Waals surface area contributed by atoms with Gasteiger partial charge in [0.05, 0.1) is 28.6 Å². The number of non-ortho nitro benzene ring substituents is 1. The van der Waals surface area contributed by atoms with Crippen LogP contribution in [-0.2, 0) is 20.5 Å². The number of allylic oxidation sites excluding steroid dienone is 2. The molecule has 0 bridgehead atoms. The predicted molar refractivity (Wildman–Crippen MR) is 150 cm³/mol. The van der Waals surface area contributed by atoms with Crippen LogP contribution in [-0.4, -0.2) is 73.0 Å². The number of carboxylic acids is 1. The number of piperazine rings is 1. The van der Waals surface area contributed by atoms with Gasteiger partial charge in [0, 0.05) is 80.5 Å². The summed E-state index contributed by atoms with van der Waals surface area (Å²) in [6.07, 6.45) is -3.93. The Balaban J connectivity index is 1.39. The van der Waals surface area contributed by atoms with Crippen molar-refractivity contribution in [3.05, 3.63) is 92.3 Å². The molecule has 1 saturated heterocycles. The molecule has 0 aromatic heterocycles. The number of ether oxygens (including phenoxy) is 1. The van der Waals surface area contributed by atoms with E-state index in [-0.39, 0.29) is 29.0 Å². The van der Waals surface area contributed by atoms with Crippen LogP contribution in [0.15, 0.2) is 71.1 Å². The molecule has 2 aromatic rings. The molecule has 43 heavy (non-hydrogen) atoms. The van der Waals surface area contributed by atoms with E-state index in [4.69, 9.17) is 4.74 Å².